The average molecular weight is 450 g/mol. The molecule has 1 atom stereocenters. The van der Waals surface area contributed by atoms with E-state index in [2.05, 4.69) is 0 Å². The van der Waals surface area contributed by atoms with E-state index in [9.17, 15) is 13.5 Å². The van der Waals surface area contributed by atoms with Gasteiger partial charge in [0.2, 0.25) is 10.0 Å². The Morgan fingerprint density at radius 1 is 0.844 bits per heavy atom. The van der Waals surface area contributed by atoms with Gasteiger partial charge in [0.25, 0.3) is 0 Å². The highest BCUT2D eigenvalue weighted by molar-refractivity contribution is 7.89. The number of hydrogen-bond donors (Lipinski definition) is 1. The van der Waals surface area contributed by atoms with E-state index in [0.717, 1.165) is 33.4 Å². The monoisotopic (exact) mass is 449 g/mol. The van der Waals surface area contributed by atoms with Gasteiger partial charge in [-0.2, -0.15) is 4.31 Å². The van der Waals surface area contributed by atoms with Gasteiger partial charge in [-0.25, -0.2) is 8.42 Å². The largest absolute Gasteiger partial charge is 0.497 e. The van der Waals surface area contributed by atoms with Crippen LogP contribution in [0.25, 0.3) is 11.1 Å². The van der Waals surface area contributed by atoms with Gasteiger partial charge < -0.3 is 9.84 Å². The molecule has 0 aliphatic carbocycles. The van der Waals surface area contributed by atoms with E-state index in [-0.39, 0.29) is 18.0 Å². The molecule has 1 aliphatic heterocycles. The molecule has 0 saturated heterocycles. The first-order chi connectivity index (χ1) is 15.3. The molecule has 166 valence electrons. The fourth-order valence-corrected chi connectivity index (χ4v) is 5.41. The van der Waals surface area contributed by atoms with E-state index in [1.165, 1.54) is 4.31 Å². The maximum absolute atomic E-state index is 13.4. The van der Waals surface area contributed by atoms with Crippen LogP contribution in [-0.4, -0.2) is 44.1 Å². The van der Waals surface area contributed by atoms with Crippen molar-refractivity contribution >= 4 is 21.2 Å². The second-order valence-corrected chi connectivity index (χ2v) is 10.1. The van der Waals surface area contributed by atoms with Crippen molar-refractivity contribution in [3.63, 3.8) is 0 Å². The summed E-state index contributed by atoms with van der Waals surface area (Å²) in [5.41, 5.74) is 5.39. The summed E-state index contributed by atoms with van der Waals surface area (Å²) in [5.74, 6) is 0.715. The van der Waals surface area contributed by atoms with Crippen LogP contribution in [0.3, 0.4) is 0 Å². The Hall–Kier alpha value is -2.93. The molecule has 4 rings (SSSR count). The summed E-state index contributed by atoms with van der Waals surface area (Å²) in [6.07, 6.45) is -0.955. The maximum Gasteiger partial charge on any atom is 0.243 e. The van der Waals surface area contributed by atoms with Gasteiger partial charge in [0.15, 0.2) is 0 Å². The van der Waals surface area contributed by atoms with Crippen LogP contribution in [-0.2, 0) is 10.0 Å². The number of aryl methyl sites for hydroxylation is 2. The van der Waals surface area contributed by atoms with Crippen molar-refractivity contribution in [3.05, 3.63) is 95.1 Å². The molecule has 0 fully saturated rings. The van der Waals surface area contributed by atoms with E-state index in [4.69, 9.17) is 4.74 Å². The number of aliphatic hydroxyl groups is 1. The fraction of sp³-hybridized carbons (Fsp3) is 0.231. The van der Waals surface area contributed by atoms with Gasteiger partial charge in [-0.3, -0.25) is 0 Å². The van der Waals surface area contributed by atoms with Crippen LogP contribution in [0.4, 0.5) is 0 Å². The standard InChI is InChI=1S/C26H27NO4S/c1-18-4-8-21(9-5-18)26-24(20-10-12-22(31-3)13-11-20)16-27(17-25(26)28)32(29,30)23-14-6-19(2)7-15-23/h4-15,25,28H,16-17H2,1-3H3. The first kappa shape index (κ1) is 22.3. The molecule has 1 unspecified atom stereocenters. The number of rotatable bonds is 5. The van der Waals surface area contributed by atoms with E-state index >= 15 is 0 Å². The molecular weight excluding hydrogens is 422 g/mol. The second kappa shape index (κ2) is 8.90. The lowest BCUT2D eigenvalue weighted by Gasteiger charge is -2.34. The lowest BCUT2D eigenvalue weighted by Crippen LogP contribution is -2.43. The number of ether oxygens (including phenoxy) is 1. The molecule has 0 aromatic heterocycles. The van der Waals surface area contributed by atoms with E-state index in [1.54, 1.807) is 31.4 Å². The maximum atomic E-state index is 13.4. The quantitative estimate of drug-likeness (QED) is 0.631. The van der Waals surface area contributed by atoms with E-state index in [1.807, 2.05) is 62.4 Å². The van der Waals surface area contributed by atoms with Gasteiger partial charge in [-0.05, 0) is 60.4 Å². The van der Waals surface area contributed by atoms with Gasteiger partial charge >= 0.3 is 0 Å². The third-order valence-electron chi connectivity index (χ3n) is 5.83. The fourth-order valence-electron chi connectivity index (χ4n) is 3.99. The lowest BCUT2D eigenvalue weighted by atomic mass is 9.88. The molecule has 5 nitrogen and oxygen atoms in total. The van der Waals surface area contributed by atoms with Gasteiger partial charge in [0.1, 0.15) is 5.75 Å². The highest BCUT2D eigenvalue weighted by atomic mass is 32.2. The summed E-state index contributed by atoms with van der Waals surface area (Å²) in [5, 5.41) is 11.2. The van der Waals surface area contributed by atoms with Crippen LogP contribution in [0.2, 0.25) is 0 Å². The Kier molecular flexibility index (Phi) is 6.20. The third-order valence-corrected chi connectivity index (χ3v) is 7.66. The number of methoxy groups -OCH3 is 1. The highest BCUT2D eigenvalue weighted by Gasteiger charge is 2.35. The molecule has 6 heteroatoms. The highest BCUT2D eigenvalue weighted by Crippen LogP contribution is 2.36. The van der Waals surface area contributed by atoms with Crippen LogP contribution in [0.5, 0.6) is 5.75 Å². The van der Waals surface area contributed by atoms with E-state index < -0.39 is 16.1 Å². The molecule has 1 heterocycles. The molecule has 0 saturated carbocycles. The average Bonchev–Trinajstić information content (AvgIpc) is 2.79. The van der Waals surface area contributed by atoms with Gasteiger partial charge in [-0.1, -0.05) is 59.7 Å². The Morgan fingerprint density at radius 3 is 1.94 bits per heavy atom. The number of nitrogens with zero attached hydrogens (tertiary/aromatic N) is 1. The molecule has 0 spiro atoms. The molecule has 1 N–H and O–H groups in total. The van der Waals surface area contributed by atoms with Crippen LogP contribution in [0, 0.1) is 13.8 Å². The molecule has 0 radical (unpaired) electrons. The van der Waals surface area contributed by atoms with Crippen molar-refractivity contribution in [2.75, 3.05) is 20.2 Å². The first-order valence-electron chi connectivity index (χ1n) is 10.5. The smallest absolute Gasteiger partial charge is 0.243 e. The molecule has 0 bridgehead atoms. The zero-order valence-corrected chi connectivity index (χ0v) is 19.3. The normalized spacial score (nSPS) is 17.4. The molecule has 0 amide bonds. The summed E-state index contributed by atoms with van der Waals surface area (Å²) < 4.78 is 33.4. The number of β-amino-alcohol motifs (C(OH)–C–C–N with tert-alkyl or cyclic N) is 1. The lowest BCUT2D eigenvalue weighted by molar-refractivity contribution is 0.195. The first-order valence-corrected chi connectivity index (χ1v) is 11.9. The second-order valence-electron chi connectivity index (χ2n) is 8.11. The molecule has 3 aromatic carbocycles. The van der Waals surface area contributed by atoms with Crippen molar-refractivity contribution in [2.24, 2.45) is 0 Å². The minimum Gasteiger partial charge on any atom is -0.497 e. The third kappa shape index (κ3) is 4.35. The number of sulfonamides is 1. The van der Waals surface area contributed by atoms with Crippen molar-refractivity contribution in [2.45, 2.75) is 24.8 Å². The summed E-state index contributed by atoms with van der Waals surface area (Å²) in [6.45, 7) is 4.09. The van der Waals surface area contributed by atoms with Gasteiger partial charge in [0, 0.05) is 13.1 Å². The molecule has 3 aromatic rings. The molecule has 32 heavy (non-hydrogen) atoms. The SMILES string of the molecule is COc1ccc(C2=C(c3ccc(C)cc3)C(O)CN(S(=O)(=O)c3ccc(C)cc3)C2)cc1. The zero-order valence-electron chi connectivity index (χ0n) is 18.4. The Bertz CT molecular complexity index is 1230. The predicted molar refractivity (Wildman–Crippen MR) is 127 cm³/mol. The Balaban J connectivity index is 1.82. The number of hydrogen-bond acceptors (Lipinski definition) is 4. The summed E-state index contributed by atoms with van der Waals surface area (Å²) in [6, 6.07) is 22.2. The van der Waals surface area contributed by atoms with E-state index in [0.29, 0.717) is 5.75 Å². The van der Waals surface area contributed by atoms with Crippen LogP contribution in [0.1, 0.15) is 22.3 Å². The zero-order chi connectivity index (χ0) is 22.9. The van der Waals surface area contributed by atoms with Crippen LogP contribution in [0.15, 0.2) is 77.7 Å². The summed E-state index contributed by atoms with van der Waals surface area (Å²) >= 11 is 0. The van der Waals surface area contributed by atoms with Gasteiger partial charge in [-0.15, -0.1) is 0 Å². The molecular formula is C26H27NO4S. The summed E-state index contributed by atoms with van der Waals surface area (Å²) in [4.78, 5) is 0.225. The topological polar surface area (TPSA) is 66.8 Å². The number of aliphatic hydroxyl groups excluding tert-OH is 1. The van der Waals surface area contributed by atoms with Crippen molar-refractivity contribution in [3.8, 4) is 5.75 Å². The van der Waals surface area contributed by atoms with Gasteiger partial charge in [0.05, 0.1) is 18.1 Å². The summed E-state index contributed by atoms with van der Waals surface area (Å²) in [7, 11) is -2.16. The minimum absolute atomic E-state index is 0.000918. The Morgan fingerprint density at radius 2 is 1.38 bits per heavy atom. The predicted octanol–water partition coefficient (Wildman–Crippen LogP) is 4.29. The molecule has 1 aliphatic rings. The Labute approximate surface area is 189 Å². The van der Waals surface area contributed by atoms with Crippen molar-refractivity contribution in [1.29, 1.82) is 0 Å². The van der Waals surface area contributed by atoms with Crippen LogP contribution >= 0.6 is 0 Å². The van der Waals surface area contributed by atoms with Crippen LogP contribution < -0.4 is 4.74 Å². The van der Waals surface area contributed by atoms with Crippen molar-refractivity contribution in [1.82, 2.24) is 4.31 Å². The minimum atomic E-state index is -3.76. The van der Waals surface area contributed by atoms with Crippen molar-refractivity contribution < 1.29 is 18.3 Å². The number of benzene rings is 3.